The number of hydrogen-bond donors (Lipinski definition) is 0. The maximum absolute atomic E-state index is 12.8. The first kappa shape index (κ1) is 64.1. The Balaban J connectivity index is 4.37. The molecule has 0 rings (SSSR count). The third kappa shape index (κ3) is 53.9. The molecular weight excluding hydrogens is 829 g/mol. The van der Waals surface area contributed by atoms with Crippen LogP contribution in [0.2, 0.25) is 0 Å². The summed E-state index contributed by atoms with van der Waals surface area (Å²) in [4.78, 5) is 38.1. The molecule has 0 radical (unpaired) electrons. The summed E-state index contributed by atoms with van der Waals surface area (Å²) in [6, 6.07) is 0. The maximum atomic E-state index is 12.8. The molecule has 6 nitrogen and oxygen atoms in total. The van der Waals surface area contributed by atoms with E-state index in [1.807, 2.05) is 0 Å². The summed E-state index contributed by atoms with van der Waals surface area (Å²) in [6.45, 7) is 6.57. The monoisotopic (exact) mass is 937 g/mol. The minimum atomic E-state index is -0.792. The van der Waals surface area contributed by atoms with Gasteiger partial charge in [0.25, 0.3) is 0 Å². The van der Waals surface area contributed by atoms with Gasteiger partial charge in [0.1, 0.15) is 13.2 Å². The van der Waals surface area contributed by atoms with Gasteiger partial charge in [-0.1, -0.05) is 248 Å². The van der Waals surface area contributed by atoms with Gasteiger partial charge in [0.15, 0.2) is 6.10 Å². The van der Waals surface area contributed by atoms with Crippen molar-refractivity contribution < 1.29 is 28.6 Å². The molecule has 0 aliphatic rings. The lowest BCUT2D eigenvalue weighted by Crippen LogP contribution is -2.30. The van der Waals surface area contributed by atoms with Crippen LogP contribution in [0.25, 0.3) is 0 Å². The number of hydrogen-bond acceptors (Lipinski definition) is 6. The van der Waals surface area contributed by atoms with Crippen LogP contribution < -0.4 is 0 Å². The first-order valence-electron chi connectivity index (χ1n) is 28.8. The molecule has 0 aliphatic carbocycles. The lowest BCUT2D eigenvalue weighted by molar-refractivity contribution is -0.167. The number of rotatable bonds is 52. The quantitative estimate of drug-likeness (QED) is 0.0262. The van der Waals surface area contributed by atoms with Crippen molar-refractivity contribution in [1.82, 2.24) is 0 Å². The van der Waals surface area contributed by atoms with Gasteiger partial charge in [-0.3, -0.25) is 14.4 Å². The molecule has 0 saturated carbocycles. The number of carbonyl (C=O) groups is 3. The zero-order valence-corrected chi connectivity index (χ0v) is 44.4. The highest BCUT2D eigenvalue weighted by molar-refractivity contribution is 5.71. The van der Waals surface area contributed by atoms with E-state index >= 15 is 0 Å². The van der Waals surface area contributed by atoms with Crippen molar-refractivity contribution in [1.29, 1.82) is 0 Å². The van der Waals surface area contributed by atoms with E-state index in [0.717, 1.165) is 89.9 Å². The third-order valence-electron chi connectivity index (χ3n) is 12.5. The Labute approximate surface area is 415 Å². The highest BCUT2D eigenvalue weighted by Gasteiger charge is 2.19. The summed E-state index contributed by atoms with van der Waals surface area (Å²) < 4.78 is 16.8. The van der Waals surface area contributed by atoms with Crippen molar-refractivity contribution >= 4 is 17.9 Å². The van der Waals surface area contributed by atoms with E-state index in [1.165, 1.54) is 161 Å². The van der Waals surface area contributed by atoms with Crippen LogP contribution in [0.1, 0.15) is 290 Å². The Morgan fingerprint density at radius 2 is 0.552 bits per heavy atom. The summed E-state index contributed by atoms with van der Waals surface area (Å²) in [5.41, 5.74) is 0. The van der Waals surface area contributed by atoms with Gasteiger partial charge in [0.2, 0.25) is 0 Å². The van der Waals surface area contributed by atoms with Crippen molar-refractivity contribution in [2.45, 2.75) is 297 Å². The molecule has 1 atom stereocenters. The van der Waals surface area contributed by atoms with Crippen molar-refractivity contribution in [3.8, 4) is 0 Å². The molecule has 0 aromatic heterocycles. The molecular formula is C61H108O6. The van der Waals surface area contributed by atoms with E-state index < -0.39 is 6.10 Å². The van der Waals surface area contributed by atoms with Gasteiger partial charge in [-0.2, -0.15) is 0 Å². The van der Waals surface area contributed by atoms with Crippen LogP contribution in [0.3, 0.4) is 0 Å². The van der Waals surface area contributed by atoms with Crippen LogP contribution in [0.5, 0.6) is 0 Å². The molecule has 0 aromatic rings. The molecule has 67 heavy (non-hydrogen) atoms. The van der Waals surface area contributed by atoms with Gasteiger partial charge < -0.3 is 14.2 Å². The van der Waals surface area contributed by atoms with Gasteiger partial charge in [-0.25, -0.2) is 0 Å². The van der Waals surface area contributed by atoms with Crippen LogP contribution >= 0.6 is 0 Å². The molecule has 0 aromatic carbocycles. The van der Waals surface area contributed by atoms with Crippen LogP contribution in [0, 0.1) is 0 Å². The second-order valence-electron chi connectivity index (χ2n) is 19.2. The molecule has 0 saturated heterocycles. The first-order valence-corrected chi connectivity index (χ1v) is 28.8. The highest BCUT2D eigenvalue weighted by Crippen LogP contribution is 2.16. The Hall–Kier alpha value is -2.89. The predicted molar refractivity (Wildman–Crippen MR) is 288 cm³/mol. The van der Waals surface area contributed by atoms with Crippen molar-refractivity contribution in [2.75, 3.05) is 13.2 Å². The lowest BCUT2D eigenvalue weighted by Gasteiger charge is -2.18. The predicted octanol–water partition coefficient (Wildman–Crippen LogP) is 19.2. The lowest BCUT2D eigenvalue weighted by atomic mass is 10.0. The zero-order chi connectivity index (χ0) is 48.6. The fourth-order valence-electron chi connectivity index (χ4n) is 8.11. The van der Waals surface area contributed by atoms with E-state index in [9.17, 15) is 14.4 Å². The summed E-state index contributed by atoms with van der Waals surface area (Å²) in [7, 11) is 0. The first-order chi connectivity index (χ1) is 33.0. The van der Waals surface area contributed by atoms with Gasteiger partial charge >= 0.3 is 17.9 Å². The SMILES string of the molecule is CCCC/C=C\CCCCCCCC(=O)OC[C@H](COC(=O)CCCCCCCCCCCCCCCCCCCCC)OC(=O)CCCCC/C=C\C/C=C\C/C=C\C/C=C\CCCCC. The van der Waals surface area contributed by atoms with E-state index in [2.05, 4.69) is 81.5 Å². The fourth-order valence-corrected chi connectivity index (χ4v) is 8.11. The van der Waals surface area contributed by atoms with Crippen LogP contribution in [0.4, 0.5) is 0 Å². The van der Waals surface area contributed by atoms with Crippen molar-refractivity contribution in [3.05, 3.63) is 60.8 Å². The van der Waals surface area contributed by atoms with E-state index in [0.29, 0.717) is 19.3 Å². The fraction of sp³-hybridized carbons (Fsp3) is 0.787. The molecule has 0 spiro atoms. The third-order valence-corrected chi connectivity index (χ3v) is 12.5. The second kappa shape index (κ2) is 55.7. The maximum Gasteiger partial charge on any atom is 0.306 e. The van der Waals surface area contributed by atoms with Crippen LogP contribution in [0.15, 0.2) is 60.8 Å². The number of ether oxygens (including phenoxy) is 3. The second-order valence-corrected chi connectivity index (χ2v) is 19.2. The van der Waals surface area contributed by atoms with E-state index in [-0.39, 0.29) is 31.1 Å². The molecule has 0 heterocycles. The topological polar surface area (TPSA) is 78.9 Å². The average molecular weight is 938 g/mol. The molecule has 0 bridgehead atoms. The number of unbranched alkanes of at least 4 members (excludes halogenated alkanes) is 31. The highest BCUT2D eigenvalue weighted by atomic mass is 16.6. The number of allylic oxidation sites excluding steroid dienone is 10. The Kier molecular flexibility index (Phi) is 53.3. The normalized spacial score (nSPS) is 12.5. The zero-order valence-electron chi connectivity index (χ0n) is 44.4. The minimum Gasteiger partial charge on any atom is -0.462 e. The number of carbonyl (C=O) groups excluding carboxylic acids is 3. The Morgan fingerprint density at radius 3 is 0.940 bits per heavy atom. The van der Waals surface area contributed by atoms with Gasteiger partial charge in [-0.15, -0.1) is 0 Å². The average Bonchev–Trinajstić information content (AvgIpc) is 3.33. The molecule has 6 heteroatoms. The smallest absolute Gasteiger partial charge is 0.306 e. The van der Waals surface area contributed by atoms with E-state index in [4.69, 9.17) is 14.2 Å². The summed E-state index contributed by atoms with van der Waals surface area (Å²) in [5.74, 6) is -0.918. The van der Waals surface area contributed by atoms with Crippen LogP contribution in [-0.4, -0.2) is 37.2 Å². The van der Waals surface area contributed by atoms with Crippen molar-refractivity contribution in [2.24, 2.45) is 0 Å². The number of esters is 3. The van der Waals surface area contributed by atoms with Crippen LogP contribution in [-0.2, 0) is 28.6 Å². The molecule has 0 aliphatic heterocycles. The largest absolute Gasteiger partial charge is 0.462 e. The minimum absolute atomic E-state index is 0.0874. The molecule has 388 valence electrons. The van der Waals surface area contributed by atoms with Gasteiger partial charge in [0, 0.05) is 19.3 Å². The Bertz CT molecular complexity index is 1210. The standard InChI is InChI=1S/C61H108O6/c1-4-7-10-13-16-19-22-24-26-28-30-32-34-36-39-42-45-48-51-54-60(63)66-57-58(56-65-59(62)53-50-47-44-41-38-21-18-15-12-9-6-3)67-61(64)55-52-49-46-43-40-37-35-33-31-29-27-25-23-20-17-14-11-8-5-2/h15,17-18,20,25,27,31,33,37,40,58H,4-14,16,19,21-24,26,28-30,32,34-36,38-39,41-57H2,1-3H3/b18-15-,20-17-,27-25-,33-31-,40-37-/t58-/m1/s1. The van der Waals surface area contributed by atoms with Crippen molar-refractivity contribution in [3.63, 3.8) is 0 Å². The summed E-state index contributed by atoms with van der Waals surface area (Å²) in [5, 5.41) is 0. The molecule has 0 unspecified atom stereocenters. The molecule has 0 amide bonds. The van der Waals surface area contributed by atoms with Gasteiger partial charge in [0.05, 0.1) is 0 Å². The van der Waals surface area contributed by atoms with Gasteiger partial charge in [-0.05, 0) is 83.5 Å². The summed E-state index contributed by atoms with van der Waals surface area (Å²) >= 11 is 0. The summed E-state index contributed by atoms with van der Waals surface area (Å²) in [6.07, 6.45) is 69.3. The van der Waals surface area contributed by atoms with E-state index in [1.54, 1.807) is 0 Å². The molecule has 0 N–H and O–H groups in total. The molecule has 0 fully saturated rings. The Morgan fingerprint density at radius 1 is 0.299 bits per heavy atom.